The number of fused-ring (bicyclic) bond motifs is 11. The molecule has 4 nitrogen and oxygen atoms in total. The summed E-state index contributed by atoms with van der Waals surface area (Å²) in [5.41, 5.74) is 2.93. The number of nitriles is 1. The fourth-order valence-corrected chi connectivity index (χ4v) is 18.7. The van der Waals surface area contributed by atoms with Crippen LogP contribution in [0.5, 0.6) is 0 Å². The number of rotatable bonds is 5. The summed E-state index contributed by atoms with van der Waals surface area (Å²) in [5, 5.41) is 18.9. The van der Waals surface area contributed by atoms with E-state index in [0.29, 0.717) is 59.4 Å². The Bertz CT molecular complexity index is 1910. The molecule has 2 saturated heterocycles. The van der Waals surface area contributed by atoms with Gasteiger partial charge in [0.15, 0.2) is 0 Å². The van der Waals surface area contributed by atoms with Gasteiger partial charge < -0.3 is 4.74 Å². The molecule has 0 aromatic heterocycles. The molecule has 0 aromatic carbocycles. The first-order chi connectivity index (χ1) is 30.7. The third-order valence-corrected chi connectivity index (χ3v) is 21.2. The lowest BCUT2D eigenvalue weighted by molar-refractivity contribution is -0.217. The maximum atomic E-state index is 10.4. The van der Waals surface area contributed by atoms with E-state index in [0.717, 1.165) is 58.8 Å². The Morgan fingerprint density at radius 2 is 1.50 bits per heavy atom. The molecule has 12 rings (SSSR count). The predicted octanol–water partition coefficient (Wildman–Crippen LogP) is 12.9. The zero-order chi connectivity index (χ0) is 41.2. The highest BCUT2D eigenvalue weighted by atomic mass is 16.5. The molecule has 5 saturated carbocycles. The van der Waals surface area contributed by atoms with Crippen molar-refractivity contribution in [1.82, 2.24) is 10.6 Å². The Morgan fingerprint density at radius 3 is 2.32 bits per heavy atom. The second kappa shape index (κ2) is 17.4. The Morgan fingerprint density at radius 1 is 0.629 bits per heavy atom. The van der Waals surface area contributed by atoms with Crippen LogP contribution in [0.2, 0.25) is 0 Å². The summed E-state index contributed by atoms with van der Waals surface area (Å²) in [5.74, 6) is 10.8. The lowest BCUT2D eigenvalue weighted by Crippen LogP contribution is -2.63. The second-order valence-electron chi connectivity index (χ2n) is 23.5. The minimum atomic E-state index is 0.165. The first-order valence-electron chi connectivity index (χ1n) is 27.0. The van der Waals surface area contributed by atoms with Crippen molar-refractivity contribution in [2.45, 2.75) is 178 Å². The van der Waals surface area contributed by atoms with Crippen LogP contribution < -0.4 is 10.6 Å². The lowest BCUT2D eigenvalue weighted by atomic mass is 9.45. The molecule has 4 heteroatoms. The van der Waals surface area contributed by atoms with E-state index in [2.05, 4.69) is 89.6 Å². The van der Waals surface area contributed by atoms with Gasteiger partial charge in [-0.05, 0) is 204 Å². The molecule has 10 aliphatic carbocycles. The SMILES string of the molecule is N#CC1=CC2C(C=C1)OC1CCC(C3C=CC(C4CC(C5=CCC(C6C=CC=CC6)CC5)NC(C5CC=CCC5)N4)CC3)CC1C21C2CCCCC2C2C3CCCCC3CCC21. The molecular weight excluding hydrogens is 755 g/mol. The zero-order valence-electron chi connectivity index (χ0n) is 38.0. The van der Waals surface area contributed by atoms with Crippen molar-refractivity contribution in [3.05, 3.63) is 84.1 Å². The van der Waals surface area contributed by atoms with Gasteiger partial charge >= 0.3 is 0 Å². The van der Waals surface area contributed by atoms with E-state index in [1.807, 2.05) is 0 Å². The molecule has 0 radical (unpaired) electrons. The molecule has 12 aliphatic rings. The summed E-state index contributed by atoms with van der Waals surface area (Å²) in [6.45, 7) is 0. The zero-order valence-corrected chi connectivity index (χ0v) is 38.0. The number of nitrogens with zero attached hydrogens (tertiary/aromatic N) is 1. The van der Waals surface area contributed by atoms with Crippen LogP contribution in [0.1, 0.15) is 148 Å². The first kappa shape index (κ1) is 41.0. The molecule has 2 heterocycles. The predicted molar refractivity (Wildman–Crippen MR) is 251 cm³/mol. The van der Waals surface area contributed by atoms with E-state index in [1.165, 1.54) is 148 Å². The van der Waals surface area contributed by atoms with Gasteiger partial charge in [-0.2, -0.15) is 5.26 Å². The Hall–Kier alpha value is -2.45. The maximum absolute atomic E-state index is 10.4. The molecule has 0 amide bonds. The average Bonchev–Trinajstić information content (AvgIpc) is 3.65. The smallest absolute Gasteiger partial charge is 0.0988 e. The van der Waals surface area contributed by atoms with Crippen molar-refractivity contribution in [3.63, 3.8) is 0 Å². The molecule has 2 N–H and O–H groups in total. The number of hydrogen-bond donors (Lipinski definition) is 2. The van der Waals surface area contributed by atoms with Crippen LogP contribution in [0.3, 0.4) is 0 Å². The van der Waals surface area contributed by atoms with Gasteiger partial charge in [0, 0.05) is 23.6 Å². The molecular formula is C58H79N3O. The highest BCUT2D eigenvalue weighted by Crippen LogP contribution is 2.75. The van der Waals surface area contributed by atoms with Crippen molar-refractivity contribution in [3.8, 4) is 6.07 Å². The van der Waals surface area contributed by atoms with E-state index in [-0.39, 0.29) is 6.10 Å². The molecule has 20 unspecified atom stereocenters. The fourth-order valence-electron chi connectivity index (χ4n) is 18.7. The molecule has 2 aliphatic heterocycles. The molecule has 7 fully saturated rings. The van der Waals surface area contributed by atoms with Crippen molar-refractivity contribution in [2.75, 3.05) is 0 Å². The summed E-state index contributed by atoms with van der Waals surface area (Å²) in [6, 6.07) is 3.71. The lowest BCUT2D eigenvalue weighted by Gasteiger charge is -2.63. The van der Waals surface area contributed by atoms with E-state index < -0.39 is 0 Å². The summed E-state index contributed by atoms with van der Waals surface area (Å²) in [4.78, 5) is 0. The number of allylic oxidation sites excluding steroid dienone is 10. The minimum absolute atomic E-state index is 0.165. The second-order valence-corrected chi connectivity index (χ2v) is 23.5. The Balaban J connectivity index is 0.800. The molecule has 1 spiro atoms. The third-order valence-electron chi connectivity index (χ3n) is 21.2. The van der Waals surface area contributed by atoms with Gasteiger partial charge in [0.05, 0.1) is 24.4 Å². The van der Waals surface area contributed by atoms with Gasteiger partial charge in [0.25, 0.3) is 0 Å². The molecule has 0 bridgehead atoms. The van der Waals surface area contributed by atoms with Crippen molar-refractivity contribution in [1.29, 1.82) is 5.26 Å². The van der Waals surface area contributed by atoms with Crippen molar-refractivity contribution >= 4 is 0 Å². The topological polar surface area (TPSA) is 57.1 Å². The minimum Gasteiger partial charge on any atom is -0.370 e. The monoisotopic (exact) mass is 834 g/mol. The number of nitrogens with one attached hydrogen (secondary N) is 2. The Kier molecular flexibility index (Phi) is 11.5. The van der Waals surface area contributed by atoms with Crippen molar-refractivity contribution < 1.29 is 4.74 Å². The van der Waals surface area contributed by atoms with Crippen LogP contribution in [0, 0.1) is 99.6 Å². The summed E-state index contributed by atoms with van der Waals surface area (Å²) in [6.07, 6.45) is 61.8. The van der Waals surface area contributed by atoms with Gasteiger partial charge in [-0.15, -0.1) is 0 Å². The van der Waals surface area contributed by atoms with Crippen LogP contribution in [0.15, 0.2) is 84.1 Å². The average molecular weight is 834 g/mol. The van der Waals surface area contributed by atoms with E-state index in [9.17, 15) is 5.26 Å². The summed E-state index contributed by atoms with van der Waals surface area (Å²) in [7, 11) is 0. The first-order valence-corrected chi connectivity index (χ1v) is 27.0. The Labute approximate surface area is 375 Å². The third kappa shape index (κ3) is 7.14. The maximum Gasteiger partial charge on any atom is 0.0988 e. The van der Waals surface area contributed by atoms with Gasteiger partial charge in [-0.25, -0.2) is 0 Å². The molecule has 20 atom stereocenters. The van der Waals surface area contributed by atoms with E-state index in [1.54, 1.807) is 5.57 Å². The summed E-state index contributed by atoms with van der Waals surface area (Å²) < 4.78 is 7.34. The standard InChI is InChI=1S/C58H79N3O/c59-36-37-19-31-54-50(33-37)58(48-18-10-9-17-47(48)56-46-16-8-7-13-41(46)28-30-49(56)58)51-34-45(29-32-55(51)62-54)40-22-26-43(27-23-40)53-35-52(60-57(61-53)44-14-5-2-6-15-44)42-24-20-39(21-25-42)38-11-3-1-4-12-38/h1-5,11,19,22,24,26,31,33,38-41,43-57,60-61H,6-10,12-18,20-21,23,25,27-30,32,34-35H2. The van der Waals surface area contributed by atoms with E-state index in [4.69, 9.17) is 4.74 Å². The van der Waals surface area contributed by atoms with Crippen LogP contribution in [-0.2, 0) is 4.74 Å². The summed E-state index contributed by atoms with van der Waals surface area (Å²) >= 11 is 0. The number of ether oxygens (including phenoxy) is 1. The van der Waals surface area contributed by atoms with Crippen LogP contribution in [0.4, 0.5) is 0 Å². The van der Waals surface area contributed by atoms with E-state index >= 15 is 0 Å². The van der Waals surface area contributed by atoms with Crippen LogP contribution in [0.25, 0.3) is 0 Å². The van der Waals surface area contributed by atoms with Gasteiger partial charge in [-0.1, -0.05) is 105 Å². The highest BCUT2D eigenvalue weighted by molar-refractivity contribution is 5.40. The normalized spacial score (nSPS) is 50.6. The largest absolute Gasteiger partial charge is 0.370 e. The van der Waals surface area contributed by atoms with Gasteiger partial charge in [0.2, 0.25) is 0 Å². The quantitative estimate of drug-likeness (QED) is 0.271. The van der Waals surface area contributed by atoms with Crippen LogP contribution >= 0.6 is 0 Å². The molecule has 62 heavy (non-hydrogen) atoms. The van der Waals surface area contributed by atoms with Crippen LogP contribution in [-0.4, -0.2) is 30.5 Å². The fraction of sp³-hybridized carbons (Fsp3) is 0.741. The van der Waals surface area contributed by atoms with Gasteiger partial charge in [-0.3, -0.25) is 10.6 Å². The molecule has 0 aromatic rings. The number of hydrogen-bond acceptors (Lipinski definition) is 4. The highest BCUT2D eigenvalue weighted by Gasteiger charge is 2.71. The molecule has 332 valence electrons. The van der Waals surface area contributed by atoms with Crippen molar-refractivity contribution in [2.24, 2.45) is 88.3 Å². The van der Waals surface area contributed by atoms with Gasteiger partial charge in [0.1, 0.15) is 0 Å².